The highest BCUT2D eigenvalue weighted by Gasteiger charge is 2.17. The van der Waals surface area contributed by atoms with Gasteiger partial charge in [0, 0.05) is 12.1 Å². The predicted molar refractivity (Wildman–Crippen MR) is 60.1 cm³/mol. The van der Waals surface area contributed by atoms with Crippen molar-refractivity contribution < 1.29 is 0 Å². The van der Waals surface area contributed by atoms with Gasteiger partial charge in [-0.3, -0.25) is 0 Å². The van der Waals surface area contributed by atoms with Gasteiger partial charge < -0.3 is 10.6 Å². The molecule has 0 aromatic carbocycles. The molecule has 0 heterocycles. The Bertz CT molecular complexity index is 134. The molecular formula is C11H26N2. The summed E-state index contributed by atoms with van der Waals surface area (Å²) in [4.78, 5) is 0. The summed E-state index contributed by atoms with van der Waals surface area (Å²) in [7, 11) is 1.99. The van der Waals surface area contributed by atoms with E-state index >= 15 is 0 Å². The molecule has 0 spiro atoms. The van der Waals surface area contributed by atoms with Crippen molar-refractivity contribution in [1.29, 1.82) is 0 Å². The van der Waals surface area contributed by atoms with Crippen LogP contribution < -0.4 is 10.6 Å². The largest absolute Gasteiger partial charge is 0.318 e. The van der Waals surface area contributed by atoms with Crippen molar-refractivity contribution in [1.82, 2.24) is 10.6 Å². The quantitative estimate of drug-likeness (QED) is 0.686. The Kier molecular flexibility index (Phi) is 4.93. The molecule has 0 atom stereocenters. The summed E-state index contributed by atoms with van der Waals surface area (Å²) in [5.41, 5.74) is 0.642. The maximum atomic E-state index is 3.55. The summed E-state index contributed by atoms with van der Waals surface area (Å²) >= 11 is 0. The van der Waals surface area contributed by atoms with Crippen LogP contribution in [0.25, 0.3) is 0 Å². The minimum Gasteiger partial charge on any atom is -0.318 e. The molecule has 2 nitrogen and oxygen atoms in total. The molecule has 0 radical (unpaired) electrons. The zero-order valence-electron chi connectivity index (χ0n) is 10.1. The lowest BCUT2D eigenvalue weighted by Gasteiger charge is -2.28. The molecule has 0 aliphatic carbocycles. The zero-order chi connectivity index (χ0) is 10.5. The second-order valence-electron chi connectivity index (χ2n) is 5.65. The molecule has 0 unspecified atom stereocenters. The Morgan fingerprint density at radius 3 is 1.92 bits per heavy atom. The number of nitrogens with one attached hydrogen (secondary N) is 2. The maximum absolute atomic E-state index is 3.55. The third kappa shape index (κ3) is 8.26. The number of hydrogen-bond donors (Lipinski definition) is 2. The molecule has 0 aliphatic heterocycles. The van der Waals surface area contributed by atoms with Gasteiger partial charge in [0.25, 0.3) is 0 Å². The minimum absolute atomic E-state index is 0.208. The van der Waals surface area contributed by atoms with Crippen LogP contribution in [0.5, 0.6) is 0 Å². The smallest absolute Gasteiger partial charge is 0.0249 e. The Morgan fingerprint density at radius 1 is 1.00 bits per heavy atom. The first kappa shape index (κ1) is 12.9. The van der Waals surface area contributed by atoms with E-state index in [-0.39, 0.29) is 5.54 Å². The molecule has 0 aromatic rings. The second-order valence-corrected chi connectivity index (χ2v) is 5.65. The van der Waals surface area contributed by atoms with Crippen molar-refractivity contribution in [2.24, 2.45) is 5.41 Å². The van der Waals surface area contributed by atoms with E-state index in [2.05, 4.69) is 45.3 Å². The lowest BCUT2D eigenvalue weighted by Crippen LogP contribution is -2.47. The molecule has 80 valence electrons. The fourth-order valence-electron chi connectivity index (χ4n) is 1.28. The Labute approximate surface area is 83.5 Å². The standard InChI is InChI=1S/C11H26N2/c1-10(2,3)7-8-13-11(4,5)9-12-6/h12-13H,7-9H2,1-6H3. The molecule has 0 fully saturated rings. The fourth-order valence-corrected chi connectivity index (χ4v) is 1.28. The summed E-state index contributed by atoms with van der Waals surface area (Å²) < 4.78 is 0. The van der Waals surface area contributed by atoms with Gasteiger partial charge in [0.05, 0.1) is 0 Å². The normalized spacial score (nSPS) is 13.4. The van der Waals surface area contributed by atoms with Crippen LogP contribution in [0.1, 0.15) is 41.0 Å². The molecule has 0 aliphatic rings. The maximum Gasteiger partial charge on any atom is 0.0249 e. The van der Waals surface area contributed by atoms with Gasteiger partial charge in [-0.2, -0.15) is 0 Å². The van der Waals surface area contributed by atoms with Gasteiger partial charge in [0.1, 0.15) is 0 Å². The highest BCUT2D eigenvalue weighted by molar-refractivity contribution is 4.80. The van der Waals surface area contributed by atoms with Gasteiger partial charge in [-0.25, -0.2) is 0 Å². The summed E-state index contributed by atoms with van der Waals surface area (Å²) in [5.74, 6) is 0. The van der Waals surface area contributed by atoms with Crippen molar-refractivity contribution in [2.75, 3.05) is 20.1 Å². The first-order valence-electron chi connectivity index (χ1n) is 5.16. The third-order valence-corrected chi connectivity index (χ3v) is 2.10. The lowest BCUT2D eigenvalue weighted by atomic mass is 9.92. The SMILES string of the molecule is CNCC(C)(C)NCCC(C)(C)C. The Balaban J connectivity index is 3.63. The van der Waals surface area contributed by atoms with Gasteiger partial charge >= 0.3 is 0 Å². The Hall–Kier alpha value is -0.0800. The van der Waals surface area contributed by atoms with Crippen molar-refractivity contribution in [2.45, 2.75) is 46.6 Å². The molecular weight excluding hydrogens is 160 g/mol. The molecule has 13 heavy (non-hydrogen) atoms. The van der Waals surface area contributed by atoms with Gasteiger partial charge in [-0.05, 0) is 39.3 Å². The molecule has 2 heteroatoms. The van der Waals surface area contributed by atoms with E-state index in [1.807, 2.05) is 7.05 Å². The topological polar surface area (TPSA) is 24.1 Å². The molecule has 0 saturated carbocycles. The molecule has 0 amide bonds. The number of rotatable bonds is 5. The first-order valence-corrected chi connectivity index (χ1v) is 5.16. The van der Waals surface area contributed by atoms with E-state index in [1.165, 1.54) is 6.42 Å². The third-order valence-electron chi connectivity index (χ3n) is 2.10. The van der Waals surface area contributed by atoms with Crippen LogP contribution >= 0.6 is 0 Å². The molecule has 0 rings (SSSR count). The second kappa shape index (κ2) is 4.97. The number of hydrogen-bond acceptors (Lipinski definition) is 2. The van der Waals surface area contributed by atoms with Crippen molar-refractivity contribution in [3.8, 4) is 0 Å². The summed E-state index contributed by atoms with van der Waals surface area (Å²) in [6.07, 6.45) is 1.22. The van der Waals surface area contributed by atoms with Crippen LogP contribution in [0.2, 0.25) is 0 Å². The number of likely N-dealkylation sites (N-methyl/N-ethyl adjacent to an activating group) is 1. The monoisotopic (exact) mass is 186 g/mol. The van der Waals surface area contributed by atoms with E-state index < -0.39 is 0 Å². The van der Waals surface area contributed by atoms with E-state index in [0.717, 1.165) is 13.1 Å². The van der Waals surface area contributed by atoms with Gasteiger partial charge in [-0.1, -0.05) is 20.8 Å². The van der Waals surface area contributed by atoms with Crippen molar-refractivity contribution in [3.63, 3.8) is 0 Å². The van der Waals surface area contributed by atoms with Crippen LogP contribution in [0.4, 0.5) is 0 Å². The van der Waals surface area contributed by atoms with Crippen molar-refractivity contribution in [3.05, 3.63) is 0 Å². The molecule has 2 N–H and O–H groups in total. The minimum atomic E-state index is 0.208. The Morgan fingerprint density at radius 2 is 1.54 bits per heavy atom. The molecule has 0 bridgehead atoms. The molecule has 0 saturated heterocycles. The summed E-state index contributed by atoms with van der Waals surface area (Å²) in [6.45, 7) is 13.4. The predicted octanol–water partition coefficient (Wildman–Crippen LogP) is 2.01. The fraction of sp³-hybridized carbons (Fsp3) is 1.00. The van der Waals surface area contributed by atoms with Crippen LogP contribution in [0.3, 0.4) is 0 Å². The average Bonchev–Trinajstić information content (AvgIpc) is 1.82. The van der Waals surface area contributed by atoms with E-state index in [0.29, 0.717) is 5.41 Å². The van der Waals surface area contributed by atoms with Crippen LogP contribution in [0, 0.1) is 5.41 Å². The first-order chi connectivity index (χ1) is 5.77. The van der Waals surface area contributed by atoms with E-state index in [9.17, 15) is 0 Å². The van der Waals surface area contributed by atoms with E-state index in [1.54, 1.807) is 0 Å². The molecule has 0 aromatic heterocycles. The zero-order valence-corrected chi connectivity index (χ0v) is 10.1. The van der Waals surface area contributed by atoms with Crippen LogP contribution in [-0.2, 0) is 0 Å². The summed E-state index contributed by atoms with van der Waals surface area (Å²) in [6, 6.07) is 0. The lowest BCUT2D eigenvalue weighted by molar-refractivity contribution is 0.315. The summed E-state index contributed by atoms with van der Waals surface area (Å²) in [5, 5.41) is 6.75. The van der Waals surface area contributed by atoms with E-state index in [4.69, 9.17) is 0 Å². The van der Waals surface area contributed by atoms with Crippen LogP contribution in [-0.4, -0.2) is 25.7 Å². The van der Waals surface area contributed by atoms with Gasteiger partial charge in [0.15, 0.2) is 0 Å². The van der Waals surface area contributed by atoms with Gasteiger partial charge in [-0.15, -0.1) is 0 Å². The van der Waals surface area contributed by atoms with Gasteiger partial charge in [0.2, 0.25) is 0 Å². The average molecular weight is 186 g/mol. The highest BCUT2D eigenvalue weighted by atomic mass is 15.0. The van der Waals surface area contributed by atoms with Crippen LogP contribution in [0.15, 0.2) is 0 Å². The van der Waals surface area contributed by atoms with Crippen molar-refractivity contribution >= 4 is 0 Å². The highest BCUT2D eigenvalue weighted by Crippen LogP contribution is 2.17.